The molecule has 4 heavy (non-hydrogen) atoms. The van der Waals surface area contributed by atoms with Crippen molar-refractivity contribution in [2.45, 2.75) is 0 Å². The molecule has 0 atom stereocenters. The van der Waals surface area contributed by atoms with Gasteiger partial charge in [-0.3, -0.25) is 0 Å². The Bertz CT molecular complexity index is 8.00. The summed E-state index contributed by atoms with van der Waals surface area (Å²) < 4.78 is 8.28. The number of hydrogen-bond donors (Lipinski definition) is 0. The van der Waals surface area contributed by atoms with E-state index in [1.165, 1.54) is 0 Å². The molecule has 0 heterocycles. The van der Waals surface area contributed by atoms with Crippen LogP contribution in [0.1, 0.15) is 0 Å². The molecule has 4 heteroatoms. The maximum absolute atomic E-state index is 8.28. The zero-order valence-electron chi connectivity index (χ0n) is 1.49. The van der Waals surface area contributed by atoms with Gasteiger partial charge in [0.05, 0.1) is 0 Å². The van der Waals surface area contributed by atoms with Crippen LogP contribution in [0.2, 0.25) is 0 Å². The Labute approximate surface area is 54.6 Å². The van der Waals surface area contributed by atoms with Crippen LogP contribution in [0.3, 0.4) is 0 Å². The third kappa shape index (κ3) is 10.3. The van der Waals surface area contributed by atoms with Crippen LogP contribution in [0.4, 0.5) is 0 Å². The van der Waals surface area contributed by atoms with Crippen LogP contribution in [0.5, 0.6) is 0 Å². The van der Waals surface area contributed by atoms with Gasteiger partial charge in [-0.15, -0.1) is 0 Å². The Morgan fingerprint density at radius 3 is 1.25 bits per heavy atom. The molecule has 0 aromatic heterocycles. The molecule has 0 bridgehead atoms. The third-order valence-electron chi connectivity index (χ3n) is 0. The Balaban J connectivity index is -0.00000000500. The van der Waals surface area contributed by atoms with Crippen molar-refractivity contribution < 1.29 is 21.5 Å². The summed E-state index contributed by atoms with van der Waals surface area (Å²) in [4.78, 5) is 0. The van der Waals surface area contributed by atoms with E-state index in [4.69, 9.17) is 4.46 Å². The molecule has 0 unspecified atom stereocenters. The number of rotatable bonds is 0. The minimum atomic E-state index is 0. The fraction of sp³-hybridized carbons (Fsp3) is 0. The van der Waals surface area contributed by atoms with Gasteiger partial charge in [0, 0.05) is 17.1 Å². The fourth-order valence-corrected chi connectivity index (χ4v) is 0. The first-order chi connectivity index (χ1) is 1.00. The van der Waals surface area contributed by atoms with Crippen LogP contribution in [0.25, 0.3) is 0 Å². The molecule has 0 aromatic carbocycles. The predicted molar refractivity (Wildman–Crippen MR) is 17.8 cm³/mol. The van der Waals surface area contributed by atoms with Crippen LogP contribution >= 0.6 is 0 Å². The number of hydrogen-bond acceptors (Lipinski definition) is 1. The van der Waals surface area contributed by atoms with Gasteiger partial charge < -0.3 is 4.46 Å². The zero-order valence-corrected chi connectivity index (χ0v) is 4.09. The van der Waals surface area contributed by atoms with E-state index in [0.717, 1.165) is 0 Å². The van der Waals surface area contributed by atoms with E-state index in [0.29, 0.717) is 10.1 Å². The molecular formula is H4MgMnOSi. The largest absolute Gasteiger partial charge is 0.396 e. The van der Waals surface area contributed by atoms with Gasteiger partial charge in [-0.1, -0.05) is 0 Å². The van der Waals surface area contributed by atoms with Crippen molar-refractivity contribution >= 4 is 33.2 Å². The quantitative estimate of drug-likeness (QED) is 0.346. The molecule has 0 aliphatic rings. The summed E-state index contributed by atoms with van der Waals surface area (Å²) in [5.74, 6) is 0. The minimum absolute atomic E-state index is 0. The van der Waals surface area contributed by atoms with Crippen LogP contribution in [-0.2, 0) is 21.5 Å². The van der Waals surface area contributed by atoms with E-state index >= 15 is 0 Å². The van der Waals surface area contributed by atoms with E-state index in [9.17, 15) is 0 Å². The molecule has 0 aromatic rings. The van der Waals surface area contributed by atoms with Gasteiger partial charge in [0.1, 0.15) is 0 Å². The van der Waals surface area contributed by atoms with Crippen molar-refractivity contribution in [1.29, 1.82) is 0 Å². The van der Waals surface area contributed by atoms with E-state index in [2.05, 4.69) is 0 Å². The van der Waals surface area contributed by atoms with Gasteiger partial charge in [-0.2, -0.15) is 0 Å². The second-order valence-electron chi connectivity index (χ2n) is 0. The smallest absolute Gasteiger partial charge is 0.316 e. The van der Waals surface area contributed by atoms with E-state index < -0.39 is 0 Å². The molecule has 0 fully saturated rings. The van der Waals surface area contributed by atoms with Crippen molar-refractivity contribution in [2.24, 2.45) is 0 Å². The maximum Gasteiger partial charge on any atom is 0.316 e. The molecular weight excluding hydrogens is 123 g/mol. The molecule has 1 radical (unpaired) electrons. The average Bonchev–Trinajstić information content (AvgIpc) is 1.00. The summed E-state index contributed by atoms with van der Waals surface area (Å²) in [5.41, 5.74) is 0. The first-order valence-corrected chi connectivity index (χ1v) is 0.866. The molecule has 0 N–H and O–H groups in total. The summed E-state index contributed by atoms with van der Waals surface area (Å²) >= 11 is 0. The molecule has 0 saturated heterocycles. The van der Waals surface area contributed by atoms with Crippen LogP contribution < -0.4 is 0 Å². The molecule has 0 spiro atoms. The Kier molecular flexibility index (Phi) is 128. The first-order valence-electron chi connectivity index (χ1n) is 0.289. The molecule has 0 aliphatic heterocycles. The van der Waals surface area contributed by atoms with Crippen molar-refractivity contribution in [3.8, 4) is 0 Å². The summed E-state index contributed by atoms with van der Waals surface area (Å²) in [6.07, 6.45) is 0. The topological polar surface area (TPSA) is 17.1 Å². The summed E-state index contributed by atoms with van der Waals surface area (Å²) in [6, 6.07) is 0. The maximum atomic E-state index is 8.28. The SMILES string of the molecule is O=[SiH2].[MgH2].[Mn]. The Morgan fingerprint density at radius 2 is 1.25 bits per heavy atom. The Hall–Kier alpha value is 1.30. The van der Waals surface area contributed by atoms with Crippen LogP contribution in [-0.4, -0.2) is 33.2 Å². The molecule has 0 aliphatic carbocycles. The van der Waals surface area contributed by atoms with Gasteiger partial charge in [-0.25, -0.2) is 0 Å². The van der Waals surface area contributed by atoms with Crippen molar-refractivity contribution in [1.82, 2.24) is 0 Å². The minimum Gasteiger partial charge on any atom is -0.396 e. The van der Waals surface area contributed by atoms with Gasteiger partial charge in [0.2, 0.25) is 10.1 Å². The van der Waals surface area contributed by atoms with Gasteiger partial charge in [-0.05, 0) is 0 Å². The summed E-state index contributed by atoms with van der Waals surface area (Å²) in [7, 11) is 0.611. The van der Waals surface area contributed by atoms with Crippen molar-refractivity contribution in [2.75, 3.05) is 0 Å². The van der Waals surface area contributed by atoms with Crippen LogP contribution in [0, 0.1) is 0 Å². The molecule has 0 saturated carbocycles. The summed E-state index contributed by atoms with van der Waals surface area (Å²) in [5, 5.41) is 0. The second kappa shape index (κ2) is 27.7. The van der Waals surface area contributed by atoms with E-state index in [1.807, 2.05) is 0 Å². The van der Waals surface area contributed by atoms with Gasteiger partial charge >= 0.3 is 23.1 Å². The van der Waals surface area contributed by atoms with Crippen molar-refractivity contribution in [3.63, 3.8) is 0 Å². The molecule has 1 nitrogen and oxygen atoms in total. The van der Waals surface area contributed by atoms with E-state index in [-0.39, 0.29) is 40.1 Å². The monoisotopic (exact) mass is 127 g/mol. The normalized spacial score (nSPS) is 1.00. The fourth-order valence-electron chi connectivity index (χ4n) is 0. The average molecular weight is 127 g/mol. The Morgan fingerprint density at radius 1 is 1.25 bits per heavy atom. The zero-order chi connectivity index (χ0) is 2.00. The van der Waals surface area contributed by atoms with Gasteiger partial charge in [0.15, 0.2) is 0 Å². The van der Waals surface area contributed by atoms with Crippen molar-refractivity contribution in [3.05, 3.63) is 0 Å². The first kappa shape index (κ1) is 18.5. The second-order valence-corrected chi connectivity index (χ2v) is 0. The predicted octanol–water partition coefficient (Wildman–Crippen LogP) is -1.95. The standard InChI is InChI=1S/Mg.Mn.H2OSi.2H/c;;1-2;;/h;;2H2;;. The summed E-state index contributed by atoms with van der Waals surface area (Å²) in [6.45, 7) is 0. The van der Waals surface area contributed by atoms with E-state index in [1.54, 1.807) is 0 Å². The molecule has 23 valence electrons. The molecule has 0 rings (SSSR count). The molecule has 0 amide bonds. The van der Waals surface area contributed by atoms with Crippen LogP contribution in [0.15, 0.2) is 0 Å². The van der Waals surface area contributed by atoms with Gasteiger partial charge in [0.25, 0.3) is 0 Å². The third-order valence-corrected chi connectivity index (χ3v) is 0.